The van der Waals surface area contributed by atoms with Gasteiger partial charge in [-0.15, -0.1) is 0 Å². The Hall–Kier alpha value is -1.84. The summed E-state index contributed by atoms with van der Waals surface area (Å²) in [6.45, 7) is 2.76. The van der Waals surface area contributed by atoms with Crippen molar-refractivity contribution in [3.05, 3.63) is 31.1 Å². The summed E-state index contributed by atoms with van der Waals surface area (Å²) in [6.07, 6.45) is 7.39. The average Bonchev–Trinajstić information content (AvgIpc) is 2.80. The van der Waals surface area contributed by atoms with E-state index in [-0.39, 0.29) is 0 Å². The highest BCUT2D eigenvalue weighted by molar-refractivity contribution is 5.57. The normalized spacial score (nSPS) is 10.2. The highest BCUT2D eigenvalue weighted by Crippen LogP contribution is 2.20. The van der Waals surface area contributed by atoms with E-state index in [4.69, 9.17) is 9.15 Å². The van der Waals surface area contributed by atoms with Crippen molar-refractivity contribution in [2.75, 3.05) is 6.61 Å². The minimum Gasteiger partial charge on any atom is -0.492 e. The number of pyridine rings is 1. The zero-order chi connectivity index (χ0) is 10.5. The summed E-state index contributed by atoms with van der Waals surface area (Å²) in [4.78, 5) is 8.13. The van der Waals surface area contributed by atoms with Crippen LogP contribution in [0, 0.1) is 0 Å². The van der Waals surface area contributed by atoms with Crippen molar-refractivity contribution in [1.29, 1.82) is 0 Å². The molecule has 2 rings (SSSR count). The molecule has 0 aromatic carbocycles. The summed E-state index contributed by atoms with van der Waals surface area (Å²) in [5.41, 5.74) is 1.67. The molecule has 78 valence electrons. The van der Waals surface area contributed by atoms with Crippen LogP contribution in [0.15, 0.2) is 35.5 Å². The smallest absolute Gasteiger partial charge is 0.181 e. The Kier molecular flexibility index (Phi) is 2.97. The van der Waals surface area contributed by atoms with E-state index in [0.29, 0.717) is 6.61 Å². The number of aromatic nitrogens is 2. The Morgan fingerprint density at radius 3 is 3.07 bits per heavy atom. The van der Waals surface area contributed by atoms with Gasteiger partial charge in [0.15, 0.2) is 6.39 Å². The van der Waals surface area contributed by atoms with Crippen molar-refractivity contribution in [3.8, 4) is 17.0 Å². The van der Waals surface area contributed by atoms with Crippen LogP contribution in [0.4, 0.5) is 0 Å². The molecule has 0 aliphatic carbocycles. The molecule has 4 heteroatoms. The first-order valence-corrected chi connectivity index (χ1v) is 4.86. The van der Waals surface area contributed by atoms with Gasteiger partial charge in [0, 0.05) is 11.8 Å². The summed E-state index contributed by atoms with van der Waals surface area (Å²) in [5.74, 6) is 0.761. The van der Waals surface area contributed by atoms with Gasteiger partial charge in [0.1, 0.15) is 17.7 Å². The van der Waals surface area contributed by atoms with Crippen molar-refractivity contribution in [3.63, 3.8) is 0 Å². The third kappa shape index (κ3) is 2.34. The molecule has 0 radical (unpaired) electrons. The van der Waals surface area contributed by atoms with Crippen molar-refractivity contribution < 1.29 is 9.15 Å². The van der Waals surface area contributed by atoms with Crippen LogP contribution in [0.5, 0.6) is 5.75 Å². The van der Waals surface area contributed by atoms with E-state index in [9.17, 15) is 0 Å². The van der Waals surface area contributed by atoms with Gasteiger partial charge >= 0.3 is 0 Å². The quantitative estimate of drug-likeness (QED) is 0.767. The Bertz CT molecular complexity index is 412. The molecule has 4 nitrogen and oxygen atoms in total. The topological polar surface area (TPSA) is 48.2 Å². The minimum absolute atomic E-state index is 0.698. The largest absolute Gasteiger partial charge is 0.492 e. The van der Waals surface area contributed by atoms with Crippen LogP contribution in [-0.4, -0.2) is 16.6 Å². The van der Waals surface area contributed by atoms with Crippen LogP contribution in [0.2, 0.25) is 0 Å². The van der Waals surface area contributed by atoms with Crippen LogP contribution in [-0.2, 0) is 0 Å². The van der Waals surface area contributed by atoms with E-state index >= 15 is 0 Å². The van der Waals surface area contributed by atoms with E-state index in [0.717, 1.165) is 23.4 Å². The second-order valence-electron chi connectivity index (χ2n) is 3.13. The molecule has 0 aliphatic heterocycles. The molecule has 0 atom stereocenters. The van der Waals surface area contributed by atoms with Crippen LogP contribution < -0.4 is 4.74 Å². The third-order valence-electron chi connectivity index (χ3n) is 1.91. The molecule has 15 heavy (non-hydrogen) atoms. The lowest BCUT2D eigenvalue weighted by Gasteiger charge is -2.04. The Labute approximate surface area is 87.9 Å². The summed E-state index contributed by atoms with van der Waals surface area (Å²) < 4.78 is 10.4. The van der Waals surface area contributed by atoms with Gasteiger partial charge in [-0.2, -0.15) is 0 Å². The van der Waals surface area contributed by atoms with E-state index < -0.39 is 0 Å². The van der Waals surface area contributed by atoms with Crippen LogP contribution >= 0.6 is 0 Å². The van der Waals surface area contributed by atoms with Gasteiger partial charge in [-0.3, -0.25) is 4.98 Å². The highest BCUT2D eigenvalue weighted by Gasteiger charge is 2.02. The zero-order valence-electron chi connectivity index (χ0n) is 8.51. The zero-order valence-corrected chi connectivity index (χ0v) is 8.51. The number of hydrogen-bond acceptors (Lipinski definition) is 4. The summed E-state index contributed by atoms with van der Waals surface area (Å²) in [7, 11) is 0. The molecule has 0 fully saturated rings. The molecule has 0 bridgehead atoms. The van der Waals surface area contributed by atoms with Crippen molar-refractivity contribution >= 4 is 0 Å². The van der Waals surface area contributed by atoms with Gasteiger partial charge in [-0.25, -0.2) is 4.98 Å². The SMILES string of the molecule is CCCOc1cncc(-c2cocn2)c1. The van der Waals surface area contributed by atoms with E-state index in [1.54, 1.807) is 18.7 Å². The van der Waals surface area contributed by atoms with Gasteiger partial charge in [0.05, 0.1) is 12.8 Å². The molecular formula is C11H12N2O2. The number of rotatable bonds is 4. The first-order valence-electron chi connectivity index (χ1n) is 4.86. The molecule has 0 amide bonds. The standard InChI is InChI=1S/C11H12N2O2/c1-2-3-15-10-4-9(5-12-6-10)11-7-14-8-13-11/h4-8H,2-3H2,1H3. The van der Waals surface area contributed by atoms with E-state index in [1.807, 2.05) is 6.07 Å². The predicted octanol–water partition coefficient (Wildman–Crippen LogP) is 2.53. The Balaban J connectivity index is 2.19. The van der Waals surface area contributed by atoms with Crippen molar-refractivity contribution in [1.82, 2.24) is 9.97 Å². The highest BCUT2D eigenvalue weighted by atomic mass is 16.5. The summed E-state index contributed by atoms with van der Waals surface area (Å²) in [5, 5.41) is 0. The lowest BCUT2D eigenvalue weighted by atomic mass is 10.2. The monoisotopic (exact) mass is 204 g/mol. The molecule has 0 aliphatic rings. The number of hydrogen-bond donors (Lipinski definition) is 0. The lowest BCUT2D eigenvalue weighted by Crippen LogP contribution is -1.95. The van der Waals surface area contributed by atoms with Gasteiger partial charge in [-0.05, 0) is 12.5 Å². The second-order valence-corrected chi connectivity index (χ2v) is 3.13. The third-order valence-corrected chi connectivity index (χ3v) is 1.91. The molecule has 0 spiro atoms. The lowest BCUT2D eigenvalue weighted by molar-refractivity contribution is 0.316. The first kappa shape index (κ1) is 9.71. The molecule has 2 aromatic heterocycles. The van der Waals surface area contributed by atoms with E-state index in [1.165, 1.54) is 6.39 Å². The maximum Gasteiger partial charge on any atom is 0.181 e. The number of oxazole rings is 1. The predicted molar refractivity (Wildman–Crippen MR) is 55.5 cm³/mol. The minimum atomic E-state index is 0.698. The van der Waals surface area contributed by atoms with Gasteiger partial charge in [0.25, 0.3) is 0 Å². The maximum atomic E-state index is 5.47. The van der Waals surface area contributed by atoms with Gasteiger partial charge in [0.2, 0.25) is 0 Å². The fourth-order valence-electron chi connectivity index (χ4n) is 1.21. The number of ether oxygens (including phenoxy) is 1. The molecule has 2 aromatic rings. The van der Waals surface area contributed by atoms with Gasteiger partial charge < -0.3 is 9.15 Å². The van der Waals surface area contributed by atoms with E-state index in [2.05, 4.69) is 16.9 Å². The van der Waals surface area contributed by atoms with Crippen molar-refractivity contribution in [2.24, 2.45) is 0 Å². The molecule has 2 heterocycles. The second kappa shape index (κ2) is 4.59. The molecule has 0 saturated carbocycles. The molecule has 0 saturated heterocycles. The van der Waals surface area contributed by atoms with Gasteiger partial charge in [-0.1, -0.05) is 6.92 Å². The average molecular weight is 204 g/mol. The summed E-state index contributed by atoms with van der Waals surface area (Å²) in [6, 6.07) is 1.90. The van der Waals surface area contributed by atoms with Crippen LogP contribution in [0.25, 0.3) is 11.3 Å². The number of nitrogens with zero attached hydrogens (tertiary/aromatic N) is 2. The van der Waals surface area contributed by atoms with Crippen LogP contribution in [0.3, 0.4) is 0 Å². The summed E-state index contributed by atoms with van der Waals surface area (Å²) >= 11 is 0. The maximum absolute atomic E-state index is 5.47. The molecule has 0 N–H and O–H groups in total. The fraction of sp³-hybridized carbons (Fsp3) is 0.273. The fourth-order valence-corrected chi connectivity index (χ4v) is 1.21. The van der Waals surface area contributed by atoms with Crippen molar-refractivity contribution in [2.45, 2.75) is 13.3 Å². The Morgan fingerprint density at radius 2 is 2.33 bits per heavy atom. The van der Waals surface area contributed by atoms with Crippen LogP contribution in [0.1, 0.15) is 13.3 Å². The Morgan fingerprint density at radius 1 is 1.40 bits per heavy atom. The molecule has 0 unspecified atom stereocenters. The molecular weight excluding hydrogens is 192 g/mol. The first-order chi connectivity index (χ1) is 7.40.